The summed E-state index contributed by atoms with van der Waals surface area (Å²) in [7, 11) is 0. The number of allylic oxidation sites excluding steroid dienone is 1. The SMILES string of the molecule is N#CC1=C(N)Oc2cc(OC(=O)/C=C/c3ccccc3Cl)ccc2C1c1cccc(Br)c1. The van der Waals surface area contributed by atoms with Crippen molar-refractivity contribution in [2.45, 2.75) is 5.92 Å². The minimum Gasteiger partial charge on any atom is -0.440 e. The van der Waals surface area contributed by atoms with Gasteiger partial charge in [0.15, 0.2) is 0 Å². The van der Waals surface area contributed by atoms with Crippen LogP contribution in [-0.2, 0) is 4.79 Å². The van der Waals surface area contributed by atoms with E-state index in [4.69, 9.17) is 26.8 Å². The first-order valence-electron chi connectivity index (χ1n) is 9.57. The topological polar surface area (TPSA) is 85.3 Å². The van der Waals surface area contributed by atoms with Gasteiger partial charge in [-0.25, -0.2) is 4.79 Å². The fraction of sp³-hybridized carbons (Fsp3) is 0.0400. The highest BCUT2D eigenvalue weighted by Gasteiger charge is 2.31. The Labute approximate surface area is 198 Å². The number of hydrogen-bond donors (Lipinski definition) is 1. The molecule has 7 heteroatoms. The number of carbonyl (C=O) groups excluding carboxylic acids is 1. The van der Waals surface area contributed by atoms with Gasteiger partial charge in [-0.05, 0) is 41.5 Å². The van der Waals surface area contributed by atoms with E-state index in [9.17, 15) is 10.1 Å². The molecular weight excluding hydrogens is 492 g/mol. The predicted molar refractivity (Wildman–Crippen MR) is 126 cm³/mol. The molecule has 0 amide bonds. The summed E-state index contributed by atoms with van der Waals surface area (Å²) in [6.07, 6.45) is 2.89. The summed E-state index contributed by atoms with van der Waals surface area (Å²) in [6.45, 7) is 0. The average molecular weight is 508 g/mol. The van der Waals surface area contributed by atoms with E-state index in [-0.39, 0.29) is 5.88 Å². The number of halogens is 2. The third-order valence-electron chi connectivity index (χ3n) is 4.90. The summed E-state index contributed by atoms with van der Waals surface area (Å²) >= 11 is 9.56. The van der Waals surface area contributed by atoms with E-state index < -0.39 is 11.9 Å². The molecule has 0 fully saturated rings. The van der Waals surface area contributed by atoms with Crippen molar-refractivity contribution in [3.63, 3.8) is 0 Å². The Morgan fingerprint density at radius 3 is 2.72 bits per heavy atom. The smallest absolute Gasteiger partial charge is 0.336 e. The van der Waals surface area contributed by atoms with Crippen LogP contribution in [-0.4, -0.2) is 5.97 Å². The van der Waals surface area contributed by atoms with Gasteiger partial charge in [0.25, 0.3) is 0 Å². The van der Waals surface area contributed by atoms with Crippen LogP contribution in [0.15, 0.2) is 88.7 Å². The molecule has 2 N–H and O–H groups in total. The molecule has 0 saturated heterocycles. The van der Waals surface area contributed by atoms with Gasteiger partial charge in [0.1, 0.15) is 23.1 Å². The predicted octanol–water partition coefficient (Wildman–Crippen LogP) is 5.94. The van der Waals surface area contributed by atoms with Gasteiger partial charge in [-0.15, -0.1) is 0 Å². The van der Waals surface area contributed by atoms with Crippen molar-refractivity contribution in [3.8, 4) is 17.6 Å². The molecule has 1 heterocycles. The molecule has 1 aliphatic rings. The quantitative estimate of drug-likeness (QED) is 0.268. The molecule has 0 aromatic heterocycles. The summed E-state index contributed by atoms with van der Waals surface area (Å²) < 4.78 is 12.0. The maximum Gasteiger partial charge on any atom is 0.336 e. The van der Waals surface area contributed by atoms with Crippen molar-refractivity contribution in [2.24, 2.45) is 5.73 Å². The van der Waals surface area contributed by atoms with Crippen LogP contribution < -0.4 is 15.2 Å². The molecule has 0 bridgehead atoms. The lowest BCUT2D eigenvalue weighted by Crippen LogP contribution is -2.21. The molecule has 158 valence electrons. The van der Waals surface area contributed by atoms with Gasteiger partial charge >= 0.3 is 5.97 Å². The Hall–Kier alpha value is -3.53. The third kappa shape index (κ3) is 4.54. The standard InChI is InChI=1S/C25H16BrClN2O3/c26-17-6-3-5-16(12-17)24-19-10-9-18(13-22(19)32-25(29)20(24)14-28)31-23(30)11-8-15-4-1-2-7-21(15)27/h1-13,24H,29H2/b11-8+. The zero-order valence-electron chi connectivity index (χ0n) is 16.6. The lowest BCUT2D eigenvalue weighted by atomic mass is 9.83. The van der Waals surface area contributed by atoms with Crippen LogP contribution in [0.1, 0.15) is 22.6 Å². The van der Waals surface area contributed by atoms with Gasteiger partial charge in [-0.2, -0.15) is 5.26 Å². The second-order valence-electron chi connectivity index (χ2n) is 6.96. The first kappa shape index (κ1) is 21.7. The number of ether oxygens (including phenoxy) is 2. The number of nitrogens with zero attached hydrogens (tertiary/aromatic N) is 1. The van der Waals surface area contributed by atoms with E-state index >= 15 is 0 Å². The lowest BCUT2D eigenvalue weighted by molar-refractivity contribution is -0.128. The second-order valence-corrected chi connectivity index (χ2v) is 8.28. The summed E-state index contributed by atoms with van der Waals surface area (Å²) in [4.78, 5) is 12.3. The maximum atomic E-state index is 12.3. The van der Waals surface area contributed by atoms with Crippen molar-refractivity contribution in [3.05, 3.63) is 110 Å². The van der Waals surface area contributed by atoms with E-state index in [0.717, 1.165) is 15.6 Å². The Kier molecular flexibility index (Phi) is 6.31. The van der Waals surface area contributed by atoms with Gasteiger partial charge in [0, 0.05) is 27.2 Å². The maximum absolute atomic E-state index is 12.3. The van der Waals surface area contributed by atoms with Crippen molar-refractivity contribution in [2.75, 3.05) is 0 Å². The molecule has 1 aliphatic heterocycles. The van der Waals surface area contributed by atoms with Crippen molar-refractivity contribution < 1.29 is 14.3 Å². The molecule has 0 spiro atoms. The Balaban J connectivity index is 1.61. The number of nitriles is 1. The number of esters is 1. The lowest BCUT2D eigenvalue weighted by Gasteiger charge is -2.26. The van der Waals surface area contributed by atoms with E-state index in [1.807, 2.05) is 36.4 Å². The fourth-order valence-corrected chi connectivity index (χ4v) is 4.06. The molecule has 1 unspecified atom stereocenters. The summed E-state index contributed by atoms with van der Waals surface area (Å²) in [5.41, 5.74) is 8.70. The van der Waals surface area contributed by atoms with E-state index in [1.54, 1.807) is 36.4 Å². The van der Waals surface area contributed by atoms with Crippen LogP contribution >= 0.6 is 27.5 Å². The highest BCUT2D eigenvalue weighted by Crippen LogP contribution is 2.43. The van der Waals surface area contributed by atoms with E-state index in [2.05, 4.69) is 22.0 Å². The van der Waals surface area contributed by atoms with Gasteiger partial charge in [0.05, 0.1) is 5.92 Å². The second kappa shape index (κ2) is 9.31. The molecule has 3 aromatic rings. The number of rotatable bonds is 4. The van der Waals surface area contributed by atoms with E-state index in [0.29, 0.717) is 27.7 Å². The average Bonchev–Trinajstić information content (AvgIpc) is 2.77. The molecule has 4 rings (SSSR count). The van der Waals surface area contributed by atoms with Crippen LogP contribution in [0, 0.1) is 11.3 Å². The highest BCUT2D eigenvalue weighted by molar-refractivity contribution is 9.10. The third-order valence-corrected chi connectivity index (χ3v) is 5.73. The van der Waals surface area contributed by atoms with Crippen molar-refractivity contribution in [1.29, 1.82) is 5.26 Å². The number of hydrogen-bond acceptors (Lipinski definition) is 5. The van der Waals surface area contributed by atoms with Crippen LogP contribution in [0.2, 0.25) is 5.02 Å². The van der Waals surface area contributed by atoms with Crippen molar-refractivity contribution in [1.82, 2.24) is 0 Å². The summed E-state index contributed by atoms with van der Waals surface area (Å²) in [5.74, 6) is -0.228. The highest BCUT2D eigenvalue weighted by atomic mass is 79.9. The monoisotopic (exact) mass is 506 g/mol. The molecule has 32 heavy (non-hydrogen) atoms. The largest absolute Gasteiger partial charge is 0.440 e. The van der Waals surface area contributed by atoms with Crippen LogP contribution in [0.25, 0.3) is 6.08 Å². The Bertz CT molecular complexity index is 1310. The van der Waals surface area contributed by atoms with Gasteiger partial charge in [-0.3, -0.25) is 0 Å². The zero-order chi connectivity index (χ0) is 22.7. The number of carbonyl (C=O) groups is 1. The Morgan fingerprint density at radius 2 is 1.97 bits per heavy atom. The first-order valence-corrected chi connectivity index (χ1v) is 10.7. The van der Waals surface area contributed by atoms with Gasteiger partial charge < -0.3 is 15.2 Å². The fourth-order valence-electron chi connectivity index (χ4n) is 3.45. The van der Waals surface area contributed by atoms with Crippen LogP contribution in [0.5, 0.6) is 11.5 Å². The molecular formula is C25H16BrClN2O3. The first-order chi connectivity index (χ1) is 15.5. The molecule has 1 atom stereocenters. The van der Waals surface area contributed by atoms with Gasteiger partial charge in [0.2, 0.25) is 5.88 Å². The molecule has 0 aliphatic carbocycles. The van der Waals surface area contributed by atoms with Gasteiger partial charge in [-0.1, -0.05) is 63.9 Å². The molecule has 0 saturated carbocycles. The van der Waals surface area contributed by atoms with Crippen LogP contribution in [0.3, 0.4) is 0 Å². The normalized spacial score (nSPS) is 15.1. The van der Waals surface area contributed by atoms with Crippen molar-refractivity contribution >= 4 is 39.6 Å². The Morgan fingerprint density at radius 1 is 1.16 bits per heavy atom. The molecule has 5 nitrogen and oxygen atoms in total. The minimum atomic E-state index is -0.564. The zero-order valence-corrected chi connectivity index (χ0v) is 18.9. The van der Waals surface area contributed by atoms with Crippen LogP contribution in [0.4, 0.5) is 0 Å². The minimum absolute atomic E-state index is 0.0204. The number of benzene rings is 3. The number of fused-ring (bicyclic) bond motifs is 1. The summed E-state index contributed by atoms with van der Waals surface area (Å²) in [5, 5.41) is 10.2. The van der Waals surface area contributed by atoms with E-state index in [1.165, 1.54) is 6.08 Å². The summed E-state index contributed by atoms with van der Waals surface area (Å²) in [6, 6.07) is 22.0. The molecule has 0 radical (unpaired) electrons. The molecule has 3 aromatic carbocycles. The number of nitrogens with two attached hydrogens (primary N) is 1.